The minimum absolute atomic E-state index is 0.650. The van der Waals surface area contributed by atoms with Crippen molar-refractivity contribution in [3.05, 3.63) is 176 Å². The predicted octanol–water partition coefficient (Wildman–Crippen LogP) is 12.6. The summed E-state index contributed by atoms with van der Waals surface area (Å²) in [6.07, 6.45) is 0. The highest BCUT2D eigenvalue weighted by atomic mass is 16.3. The average Bonchev–Trinajstić information content (AvgIpc) is 3.56. The molecule has 8 aromatic carbocycles. The molecule has 0 atom stereocenters. The number of fused-ring (bicyclic) bond motifs is 6. The van der Waals surface area contributed by atoms with E-state index in [2.05, 4.69) is 157 Å². The molecular formula is C46H29N3O. The third-order valence-electron chi connectivity index (χ3n) is 9.59. The van der Waals surface area contributed by atoms with Crippen molar-refractivity contribution in [3.8, 4) is 22.6 Å². The van der Waals surface area contributed by atoms with Gasteiger partial charge in [0, 0.05) is 44.7 Å². The Labute approximate surface area is 288 Å². The van der Waals surface area contributed by atoms with Gasteiger partial charge in [-0.1, -0.05) is 121 Å². The van der Waals surface area contributed by atoms with Crippen molar-refractivity contribution in [1.82, 2.24) is 9.97 Å². The minimum atomic E-state index is 0.650. The lowest BCUT2D eigenvalue weighted by Gasteiger charge is -2.26. The summed E-state index contributed by atoms with van der Waals surface area (Å²) in [6, 6.07) is 61.4. The topological polar surface area (TPSA) is 42.2 Å². The van der Waals surface area contributed by atoms with E-state index in [4.69, 9.17) is 14.4 Å². The molecular weight excluding hydrogens is 611 g/mol. The highest BCUT2D eigenvalue weighted by Crippen LogP contribution is 2.44. The molecule has 2 heterocycles. The second kappa shape index (κ2) is 11.4. The molecule has 0 unspecified atom stereocenters. The number of para-hydroxylation sites is 3. The number of hydrogen-bond acceptors (Lipinski definition) is 4. The van der Waals surface area contributed by atoms with Crippen molar-refractivity contribution in [2.75, 3.05) is 4.90 Å². The summed E-state index contributed by atoms with van der Waals surface area (Å²) in [5, 5.41) is 7.79. The van der Waals surface area contributed by atoms with Gasteiger partial charge >= 0.3 is 0 Å². The zero-order valence-electron chi connectivity index (χ0n) is 27.0. The monoisotopic (exact) mass is 639 g/mol. The van der Waals surface area contributed by atoms with Crippen molar-refractivity contribution < 1.29 is 4.42 Å². The van der Waals surface area contributed by atoms with E-state index in [0.29, 0.717) is 5.82 Å². The van der Waals surface area contributed by atoms with Gasteiger partial charge in [-0.15, -0.1) is 0 Å². The Morgan fingerprint density at radius 2 is 1.08 bits per heavy atom. The molecule has 0 aliphatic heterocycles. The molecule has 0 saturated carbocycles. The van der Waals surface area contributed by atoms with Crippen molar-refractivity contribution in [2.24, 2.45) is 0 Å². The van der Waals surface area contributed by atoms with Crippen LogP contribution in [0, 0.1) is 0 Å². The maximum absolute atomic E-state index is 6.62. The molecule has 10 rings (SSSR count). The number of nitrogens with zero attached hydrogens (tertiary/aromatic N) is 3. The molecule has 4 heteroatoms. The number of furan rings is 1. The van der Waals surface area contributed by atoms with Gasteiger partial charge in [0.2, 0.25) is 0 Å². The van der Waals surface area contributed by atoms with E-state index in [-0.39, 0.29) is 0 Å². The lowest BCUT2D eigenvalue weighted by atomic mass is 10.0. The maximum atomic E-state index is 6.62. The van der Waals surface area contributed by atoms with Crippen LogP contribution in [0.4, 0.5) is 17.1 Å². The molecule has 0 bridgehead atoms. The summed E-state index contributed by atoms with van der Waals surface area (Å²) in [5.74, 6) is 0.650. The first-order valence-electron chi connectivity index (χ1n) is 16.8. The molecule has 0 saturated heterocycles. The van der Waals surface area contributed by atoms with E-state index in [0.717, 1.165) is 66.7 Å². The highest BCUT2D eigenvalue weighted by molar-refractivity contribution is 6.14. The zero-order valence-corrected chi connectivity index (χ0v) is 27.0. The van der Waals surface area contributed by atoms with Crippen molar-refractivity contribution in [2.45, 2.75) is 0 Å². The molecule has 0 radical (unpaired) electrons. The summed E-state index contributed by atoms with van der Waals surface area (Å²) in [5.41, 5.74) is 8.41. The van der Waals surface area contributed by atoms with Gasteiger partial charge in [-0.25, -0.2) is 9.97 Å². The SMILES string of the molecule is c1ccc(N(c2ccc3ccccc3c2)c2cc(-c3nc(-c4ccc5ccccc5c4)c4ccccc4n3)c3c(c2)oc2ccccc23)cc1. The van der Waals surface area contributed by atoms with Crippen LogP contribution in [0.2, 0.25) is 0 Å². The predicted molar refractivity (Wildman–Crippen MR) is 207 cm³/mol. The molecule has 234 valence electrons. The summed E-state index contributed by atoms with van der Waals surface area (Å²) < 4.78 is 6.62. The first kappa shape index (κ1) is 28.3. The number of aromatic nitrogens is 2. The lowest BCUT2D eigenvalue weighted by Crippen LogP contribution is -2.10. The standard InChI is InChI=1S/C46H29N3O/c1-2-16-35(17-3-1)49(36-25-24-31-13-5-7-15-33(31)27-36)37-28-40(44-39-19-9-11-21-42(39)50-43(44)29-37)46-47-41-20-10-8-18-38(41)45(48-46)34-23-22-30-12-4-6-14-32(30)26-34/h1-29H. The van der Waals surface area contributed by atoms with E-state index < -0.39 is 0 Å². The zero-order chi connectivity index (χ0) is 33.0. The molecule has 0 fully saturated rings. The van der Waals surface area contributed by atoms with Crippen molar-refractivity contribution >= 4 is 71.4 Å². The number of anilines is 3. The average molecular weight is 640 g/mol. The molecule has 0 spiro atoms. The summed E-state index contributed by atoms with van der Waals surface area (Å²) >= 11 is 0. The Morgan fingerprint density at radius 1 is 0.420 bits per heavy atom. The van der Waals surface area contributed by atoms with Gasteiger partial charge in [0.15, 0.2) is 5.82 Å². The van der Waals surface area contributed by atoms with Gasteiger partial charge in [-0.3, -0.25) is 0 Å². The van der Waals surface area contributed by atoms with Crippen LogP contribution in [0.25, 0.3) is 77.0 Å². The number of hydrogen-bond donors (Lipinski definition) is 0. The van der Waals surface area contributed by atoms with Gasteiger partial charge in [0.05, 0.1) is 16.9 Å². The second-order valence-corrected chi connectivity index (χ2v) is 12.6. The van der Waals surface area contributed by atoms with Crippen LogP contribution >= 0.6 is 0 Å². The molecule has 0 aliphatic carbocycles. The lowest BCUT2D eigenvalue weighted by molar-refractivity contribution is 0.669. The minimum Gasteiger partial charge on any atom is -0.456 e. The van der Waals surface area contributed by atoms with Crippen LogP contribution in [0.1, 0.15) is 0 Å². The molecule has 50 heavy (non-hydrogen) atoms. The van der Waals surface area contributed by atoms with Gasteiger partial charge in [0.1, 0.15) is 11.2 Å². The maximum Gasteiger partial charge on any atom is 0.161 e. The van der Waals surface area contributed by atoms with Gasteiger partial charge in [-0.2, -0.15) is 0 Å². The third-order valence-corrected chi connectivity index (χ3v) is 9.59. The molecule has 0 aliphatic rings. The van der Waals surface area contributed by atoms with E-state index >= 15 is 0 Å². The Bertz CT molecular complexity index is 2890. The Hall–Kier alpha value is -6.78. The molecule has 10 aromatic rings. The Kier molecular flexibility index (Phi) is 6.46. The van der Waals surface area contributed by atoms with Crippen molar-refractivity contribution in [3.63, 3.8) is 0 Å². The summed E-state index contributed by atoms with van der Waals surface area (Å²) in [4.78, 5) is 12.9. The Balaban J connectivity index is 1.26. The smallest absolute Gasteiger partial charge is 0.161 e. The highest BCUT2D eigenvalue weighted by Gasteiger charge is 2.22. The van der Waals surface area contributed by atoms with Crippen molar-refractivity contribution in [1.29, 1.82) is 0 Å². The fourth-order valence-electron chi connectivity index (χ4n) is 7.24. The first-order chi connectivity index (χ1) is 24.8. The van der Waals surface area contributed by atoms with E-state index in [9.17, 15) is 0 Å². The quantitative estimate of drug-likeness (QED) is 0.188. The second-order valence-electron chi connectivity index (χ2n) is 12.6. The molecule has 2 aromatic heterocycles. The van der Waals surface area contributed by atoms with Crippen LogP contribution in [0.5, 0.6) is 0 Å². The molecule has 0 N–H and O–H groups in total. The fraction of sp³-hybridized carbons (Fsp3) is 0. The van der Waals surface area contributed by atoms with Gasteiger partial charge < -0.3 is 9.32 Å². The van der Waals surface area contributed by atoms with E-state index in [1.54, 1.807) is 0 Å². The largest absolute Gasteiger partial charge is 0.456 e. The molecule has 4 nitrogen and oxygen atoms in total. The number of benzene rings is 8. The normalized spacial score (nSPS) is 11.6. The summed E-state index contributed by atoms with van der Waals surface area (Å²) in [6.45, 7) is 0. The van der Waals surface area contributed by atoms with E-state index in [1.807, 2.05) is 24.3 Å². The van der Waals surface area contributed by atoms with E-state index in [1.165, 1.54) is 21.5 Å². The number of rotatable bonds is 5. The third kappa shape index (κ3) is 4.69. The van der Waals surface area contributed by atoms with Crippen LogP contribution < -0.4 is 4.90 Å². The fourth-order valence-corrected chi connectivity index (χ4v) is 7.24. The molecule has 0 amide bonds. The van der Waals surface area contributed by atoms with Gasteiger partial charge in [0.25, 0.3) is 0 Å². The van der Waals surface area contributed by atoms with Gasteiger partial charge in [-0.05, 0) is 70.1 Å². The summed E-state index contributed by atoms with van der Waals surface area (Å²) in [7, 11) is 0. The van der Waals surface area contributed by atoms with Crippen LogP contribution in [0.15, 0.2) is 180 Å². The van der Waals surface area contributed by atoms with Crippen LogP contribution in [-0.2, 0) is 0 Å². The van der Waals surface area contributed by atoms with Crippen LogP contribution in [-0.4, -0.2) is 9.97 Å². The first-order valence-corrected chi connectivity index (χ1v) is 16.8. The Morgan fingerprint density at radius 3 is 1.90 bits per heavy atom. The van der Waals surface area contributed by atoms with Crippen LogP contribution in [0.3, 0.4) is 0 Å².